The molecule has 0 saturated carbocycles. The molecular formula is C52H34N4. The number of hydrogen-bond donors (Lipinski definition) is 0. The molecule has 0 radical (unpaired) electrons. The monoisotopic (exact) mass is 714 g/mol. The van der Waals surface area contributed by atoms with Gasteiger partial charge in [0.2, 0.25) is 0 Å². The highest BCUT2D eigenvalue weighted by Gasteiger charge is 2.18. The predicted molar refractivity (Wildman–Crippen MR) is 231 cm³/mol. The molecule has 4 heteroatoms. The Labute approximate surface area is 325 Å². The van der Waals surface area contributed by atoms with Crippen molar-refractivity contribution in [2.45, 2.75) is 0 Å². The molecule has 0 bridgehead atoms. The fourth-order valence-electron chi connectivity index (χ4n) is 7.69. The van der Waals surface area contributed by atoms with Gasteiger partial charge in [-0.15, -0.1) is 0 Å². The van der Waals surface area contributed by atoms with Crippen LogP contribution in [0.5, 0.6) is 0 Å². The minimum Gasteiger partial charge on any atom is -0.255 e. The van der Waals surface area contributed by atoms with E-state index < -0.39 is 0 Å². The molecule has 0 saturated heterocycles. The lowest BCUT2D eigenvalue weighted by molar-refractivity contribution is 1.22. The Kier molecular flexibility index (Phi) is 8.47. The summed E-state index contributed by atoms with van der Waals surface area (Å²) < 4.78 is 0. The lowest BCUT2D eigenvalue weighted by Gasteiger charge is -2.17. The molecule has 4 aromatic heterocycles. The van der Waals surface area contributed by atoms with Gasteiger partial charge in [0, 0.05) is 39.7 Å². The Morgan fingerprint density at radius 2 is 0.821 bits per heavy atom. The van der Waals surface area contributed by atoms with Crippen LogP contribution in [0.4, 0.5) is 0 Å². The van der Waals surface area contributed by atoms with Gasteiger partial charge in [-0.2, -0.15) is 0 Å². The maximum Gasteiger partial charge on any atom is 0.0900 e. The molecule has 6 aromatic carbocycles. The van der Waals surface area contributed by atoms with Crippen LogP contribution in [0, 0.1) is 0 Å². The number of rotatable bonds is 7. The second-order valence-corrected chi connectivity index (χ2v) is 13.8. The first-order valence-corrected chi connectivity index (χ1v) is 18.8. The SMILES string of the molecule is c1ccc(-c2cccc(-c3cccc4c(-c5ccccc5)nc5c(-c6ccc(-c7cc(-c8ccccn8)nc(-c8ccccn8)c7)cc6)cccc5c34)c2)cc1. The second-order valence-electron chi connectivity index (χ2n) is 13.8. The van der Waals surface area contributed by atoms with Crippen molar-refractivity contribution in [3.05, 3.63) is 207 Å². The third-order valence-corrected chi connectivity index (χ3v) is 10.4. The maximum absolute atomic E-state index is 5.50. The second kappa shape index (κ2) is 14.3. The van der Waals surface area contributed by atoms with Crippen molar-refractivity contribution in [1.82, 2.24) is 19.9 Å². The predicted octanol–water partition coefficient (Wildman–Crippen LogP) is 13.2. The Morgan fingerprint density at radius 3 is 1.48 bits per heavy atom. The summed E-state index contributed by atoms with van der Waals surface area (Å²) in [6.07, 6.45) is 3.60. The molecule has 0 atom stereocenters. The van der Waals surface area contributed by atoms with Gasteiger partial charge in [0.05, 0.1) is 34.0 Å². The van der Waals surface area contributed by atoms with Gasteiger partial charge < -0.3 is 0 Å². The molecule has 0 fully saturated rings. The van der Waals surface area contributed by atoms with E-state index in [9.17, 15) is 0 Å². The molecule has 0 unspecified atom stereocenters. The van der Waals surface area contributed by atoms with Crippen molar-refractivity contribution in [3.63, 3.8) is 0 Å². The highest BCUT2D eigenvalue weighted by atomic mass is 14.8. The van der Waals surface area contributed by atoms with E-state index in [1.165, 1.54) is 27.6 Å². The molecule has 262 valence electrons. The molecular weight excluding hydrogens is 681 g/mol. The standard InChI is InChI=1S/C52H34N4/c1-3-14-35(15-4-1)39-18-11-19-40(32-39)42-20-12-22-44-50(42)45-23-13-21-43(52(45)56-51(44)38-16-5-2-6-17-38)37-28-26-36(27-29-37)41-33-48(46-24-7-9-30-53-46)55-49(34-41)47-25-8-10-31-54-47/h1-34H. The summed E-state index contributed by atoms with van der Waals surface area (Å²) in [5.41, 5.74) is 15.3. The van der Waals surface area contributed by atoms with E-state index in [1.807, 2.05) is 36.4 Å². The van der Waals surface area contributed by atoms with Crippen LogP contribution in [0.2, 0.25) is 0 Å². The summed E-state index contributed by atoms with van der Waals surface area (Å²) in [5, 5.41) is 3.45. The maximum atomic E-state index is 5.50. The molecule has 0 aliphatic carbocycles. The number of para-hydroxylation sites is 1. The Bertz CT molecular complexity index is 2930. The fraction of sp³-hybridized carbons (Fsp3) is 0. The molecule has 0 aliphatic rings. The van der Waals surface area contributed by atoms with Gasteiger partial charge in [-0.25, -0.2) is 9.97 Å². The number of hydrogen-bond acceptors (Lipinski definition) is 4. The molecule has 0 amide bonds. The zero-order chi connectivity index (χ0) is 37.3. The third-order valence-electron chi connectivity index (χ3n) is 10.4. The van der Waals surface area contributed by atoms with Crippen LogP contribution in [-0.4, -0.2) is 19.9 Å². The zero-order valence-electron chi connectivity index (χ0n) is 30.4. The van der Waals surface area contributed by atoms with Gasteiger partial charge in [0.15, 0.2) is 0 Å². The van der Waals surface area contributed by atoms with Crippen molar-refractivity contribution in [2.75, 3.05) is 0 Å². The quantitative estimate of drug-likeness (QED) is 0.154. The molecule has 56 heavy (non-hydrogen) atoms. The van der Waals surface area contributed by atoms with Crippen molar-refractivity contribution in [2.24, 2.45) is 0 Å². The largest absolute Gasteiger partial charge is 0.255 e. The molecule has 4 nitrogen and oxygen atoms in total. The first kappa shape index (κ1) is 33.0. The third kappa shape index (κ3) is 6.19. The lowest BCUT2D eigenvalue weighted by atomic mass is 9.90. The zero-order valence-corrected chi connectivity index (χ0v) is 30.4. The van der Waals surface area contributed by atoms with Crippen LogP contribution in [0.1, 0.15) is 0 Å². The van der Waals surface area contributed by atoms with E-state index >= 15 is 0 Å². The van der Waals surface area contributed by atoms with Crippen LogP contribution >= 0.6 is 0 Å². The number of pyridine rings is 4. The Hall–Kier alpha value is -7.56. The molecule has 10 rings (SSSR count). The Morgan fingerprint density at radius 1 is 0.286 bits per heavy atom. The van der Waals surface area contributed by atoms with Crippen LogP contribution in [0.15, 0.2) is 207 Å². The van der Waals surface area contributed by atoms with Gasteiger partial charge in [-0.1, -0.05) is 152 Å². The number of fused-ring (bicyclic) bond motifs is 3. The summed E-state index contributed by atoms with van der Waals surface area (Å²) in [7, 11) is 0. The first-order chi connectivity index (χ1) is 27.8. The van der Waals surface area contributed by atoms with Crippen molar-refractivity contribution in [3.8, 4) is 78.5 Å². The van der Waals surface area contributed by atoms with E-state index in [1.54, 1.807) is 12.4 Å². The summed E-state index contributed by atoms with van der Waals surface area (Å²) in [6, 6.07) is 68.0. The molecule has 0 spiro atoms. The number of nitrogens with zero attached hydrogens (tertiary/aromatic N) is 4. The lowest BCUT2D eigenvalue weighted by Crippen LogP contribution is -1.95. The van der Waals surface area contributed by atoms with E-state index in [4.69, 9.17) is 9.97 Å². The minimum atomic E-state index is 0.802. The number of benzene rings is 6. The van der Waals surface area contributed by atoms with Crippen molar-refractivity contribution < 1.29 is 0 Å². The number of aromatic nitrogens is 4. The molecule has 10 aromatic rings. The van der Waals surface area contributed by atoms with Crippen LogP contribution in [0.25, 0.3) is 100 Å². The molecule has 4 heterocycles. The van der Waals surface area contributed by atoms with Gasteiger partial charge in [0.1, 0.15) is 0 Å². The normalized spacial score (nSPS) is 11.2. The fourth-order valence-corrected chi connectivity index (χ4v) is 7.69. The summed E-state index contributed by atoms with van der Waals surface area (Å²) in [4.78, 5) is 19.7. The smallest absolute Gasteiger partial charge is 0.0900 e. The molecule has 0 aliphatic heterocycles. The summed E-state index contributed by atoms with van der Waals surface area (Å²) >= 11 is 0. The Balaban J connectivity index is 1.14. The van der Waals surface area contributed by atoms with Gasteiger partial charge in [-0.3, -0.25) is 9.97 Å². The van der Waals surface area contributed by atoms with Crippen molar-refractivity contribution >= 4 is 21.7 Å². The highest BCUT2D eigenvalue weighted by molar-refractivity contribution is 6.19. The highest BCUT2D eigenvalue weighted by Crippen LogP contribution is 2.42. The van der Waals surface area contributed by atoms with E-state index in [0.717, 1.165) is 72.6 Å². The van der Waals surface area contributed by atoms with Gasteiger partial charge in [0.25, 0.3) is 0 Å². The van der Waals surface area contributed by atoms with Crippen LogP contribution in [0.3, 0.4) is 0 Å². The summed E-state index contributed by atoms with van der Waals surface area (Å²) in [5.74, 6) is 0. The van der Waals surface area contributed by atoms with E-state index in [0.29, 0.717) is 0 Å². The minimum absolute atomic E-state index is 0.802. The average molecular weight is 715 g/mol. The van der Waals surface area contributed by atoms with Crippen molar-refractivity contribution in [1.29, 1.82) is 0 Å². The van der Waals surface area contributed by atoms with Crippen LogP contribution in [-0.2, 0) is 0 Å². The topological polar surface area (TPSA) is 51.6 Å². The van der Waals surface area contributed by atoms with Crippen LogP contribution < -0.4 is 0 Å². The van der Waals surface area contributed by atoms with E-state index in [2.05, 4.69) is 168 Å². The van der Waals surface area contributed by atoms with Gasteiger partial charge in [-0.05, 0) is 81.4 Å². The first-order valence-electron chi connectivity index (χ1n) is 18.8. The average Bonchev–Trinajstić information content (AvgIpc) is 3.29. The van der Waals surface area contributed by atoms with Gasteiger partial charge >= 0.3 is 0 Å². The summed E-state index contributed by atoms with van der Waals surface area (Å²) in [6.45, 7) is 0. The molecule has 0 N–H and O–H groups in total. The van der Waals surface area contributed by atoms with E-state index in [-0.39, 0.29) is 0 Å².